The Kier molecular flexibility index (Phi) is 4.05. The Morgan fingerprint density at radius 3 is 2.60 bits per heavy atom. The molecule has 0 aromatic heterocycles. The molecule has 86 valence electrons. The molecule has 0 amide bonds. The van der Waals surface area contributed by atoms with E-state index in [1.807, 2.05) is 0 Å². The maximum absolute atomic E-state index is 10.7. The van der Waals surface area contributed by atoms with Gasteiger partial charge in [0, 0.05) is 20.3 Å². The van der Waals surface area contributed by atoms with Gasteiger partial charge < -0.3 is 19.3 Å². The summed E-state index contributed by atoms with van der Waals surface area (Å²) in [6.45, 7) is 2.52. The van der Waals surface area contributed by atoms with E-state index in [9.17, 15) is 14.7 Å². The first-order chi connectivity index (χ1) is 6.99. The minimum Gasteiger partial charge on any atom is -0.463 e. The zero-order valence-electron chi connectivity index (χ0n) is 8.63. The molecule has 1 aliphatic heterocycles. The Labute approximate surface area is 87.1 Å². The molecule has 3 atom stereocenters. The van der Waals surface area contributed by atoms with Crippen molar-refractivity contribution in [3.05, 3.63) is 0 Å². The smallest absolute Gasteiger partial charge is 0.303 e. The van der Waals surface area contributed by atoms with Gasteiger partial charge in [-0.15, -0.1) is 0 Å². The number of aliphatic hydroxyl groups is 1. The van der Waals surface area contributed by atoms with Crippen molar-refractivity contribution >= 4 is 11.9 Å². The molecule has 0 radical (unpaired) electrons. The lowest BCUT2D eigenvalue weighted by molar-refractivity contribution is -0.159. The van der Waals surface area contributed by atoms with Crippen LogP contribution in [-0.4, -0.2) is 42.1 Å². The zero-order chi connectivity index (χ0) is 11.4. The van der Waals surface area contributed by atoms with E-state index in [0.29, 0.717) is 0 Å². The monoisotopic (exact) mass is 218 g/mol. The minimum atomic E-state index is -0.977. The van der Waals surface area contributed by atoms with E-state index < -0.39 is 30.4 Å². The Morgan fingerprint density at radius 2 is 2.07 bits per heavy atom. The summed E-state index contributed by atoms with van der Waals surface area (Å²) < 4.78 is 14.7. The summed E-state index contributed by atoms with van der Waals surface area (Å²) in [6.07, 6.45) is -1.93. The number of carbonyl (C=O) groups is 2. The first-order valence-corrected chi connectivity index (χ1v) is 4.63. The second-order valence-electron chi connectivity index (χ2n) is 3.32. The molecule has 15 heavy (non-hydrogen) atoms. The standard InChI is InChI=1S/C9H14O6/c1-5(10)13-4-8-7(14-6(2)11)3-9(12)15-8/h7-9,12H,3-4H2,1-2H3. The molecule has 1 N–H and O–H groups in total. The van der Waals surface area contributed by atoms with Crippen LogP contribution in [0.5, 0.6) is 0 Å². The van der Waals surface area contributed by atoms with Crippen molar-refractivity contribution in [3.8, 4) is 0 Å². The molecule has 6 heteroatoms. The van der Waals surface area contributed by atoms with Crippen LogP contribution in [0.25, 0.3) is 0 Å². The fraction of sp³-hybridized carbons (Fsp3) is 0.778. The third-order valence-electron chi connectivity index (χ3n) is 1.95. The summed E-state index contributed by atoms with van der Waals surface area (Å²) in [5.74, 6) is -0.896. The van der Waals surface area contributed by atoms with Crippen molar-refractivity contribution in [2.75, 3.05) is 6.61 Å². The quantitative estimate of drug-likeness (QED) is 0.648. The highest BCUT2D eigenvalue weighted by molar-refractivity contribution is 5.66. The summed E-state index contributed by atoms with van der Waals surface area (Å²) >= 11 is 0. The number of ether oxygens (including phenoxy) is 3. The molecule has 0 aromatic carbocycles. The molecule has 3 unspecified atom stereocenters. The third-order valence-corrected chi connectivity index (χ3v) is 1.95. The van der Waals surface area contributed by atoms with Gasteiger partial charge in [0.1, 0.15) is 18.8 Å². The number of hydrogen-bond acceptors (Lipinski definition) is 6. The van der Waals surface area contributed by atoms with E-state index >= 15 is 0 Å². The zero-order valence-corrected chi connectivity index (χ0v) is 8.63. The highest BCUT2D eigenvalue weighted by Gasteiger charge is 2.37. The normalized spacial score (nSPS) is 29.9. The number of esters is 2. The van der Waals surface area contributed by atoms with Crippen molar-refractivity contribution in [2.24, 2.45) is 0 Å². The predicted octanol–water partition coefficient (Wildman–Crippen LogP) is -0.412. The van der Waals surface area contributed by atoms with E-state index in [1.54, 1.807) is 0 Å². The molecule has 1 heterocycles. The van der Waals surface area contributed by atoms with Crippen molar-refractivity contribution in [3.63, 3.8) is 0 Å². The van der Waals surface area contributed by atoms with Crippen LogP contribution in [-0.2, 0) is 23.8 Å². The highest BCUT2D eigenvalue weighted by atomic mass is 16.7. The molecule has 1 saturated heterocycles. The summed E-state index contributed by atoms with van der Waals surface area (Å²) in [5.41, 5.74) is 0. The van der Waals surface area contributed by atoms with E-state index in [4.69, 9.17) is 14.2 Å². The molecule has 0 bridgehead atoms. The summed E-state index contributed by atoms with van der Waals surface area (Å²) in [5, 5.41) is 9.19. The van der Waals surface area contributed by atoms with Crippen LogP contribution >= 0.6 is 0 Å². The lowest BCUT2D eigenvalue weighted by Crippen LogP contribution is -2.31. The Morgan fingerprint density at radius 1 is 1.40 bits per heavy atom. The molecular weight excluding hydrogens is 204 g/mol. The molecule has 0 saturated carbocycles. The van der Waals surface area contributed by atoms with Gasteiger partial charge in [-0.3, -0.25) is 9.59 Å². The molecular formula is C9H14O6. The van der Waals surface area contributed by atoms with Crippen LogP contribution in [0.4, 0.5) is 0 Å². The lowest BCUT2D eigenvalue weighted by atomic mass is 10.2. The van der Waals surface area contributed by atoms with Crippen molar-refractivity contribution in [2.45, 2.75) is 38.8 Å². The van der Waals surface area contributed by atoms with Crippen LogP contribution in [0.1, 0.15) is 20.3 Å². The van der Waals surface area contributed by atoms with E-state index in [-0.39, 0.29) is 13.0 Å². The van der Waals surface area contributed by atoms with Crippen LogP contribution < -0.4 is 0 Å². The van der Waals surface area contributed by atoms with Gasteiger partial charge in [0.15, 0.2) is 6.29 Å². The van der Waals surface area contributed by atoms with Crippen LogP contribution in [0.2, 0.25) is 0 Å². The summed E-state index contributed by atoms with van der Waals surface area (Å²) in [4.78, 5) is 21.3. The number of aliphatic hydroxyl groups excluding tert-OH is 1. The fourth-order valence-electron chi connectivity index (χ4n) is 1.38. The van der Waals surface area contributed by atoms with E-state index in [0.717, 1.165) is 0 Å². The number of carbonyl (C=O) groups excluding carboxylic acids is 2. The first kappa shape index (κ1) is 11.9. The van der Waals surface area contributed by atoms with Crippen molar-refractivity contribution < 1.29 is 28.9 Å². The van der Waals surface area contributed by atoms with E-state index in [1.165, 1.54) is 13.8 Å². The van der Waals surface area contributed by atoms with Crippen LogP contribution in [0, 0.1) is 0 Å². The molecule has 1 rings (SSSR count). The van der Waals surface area contributed by atoms with Crippen LogP contribution in [0.15, 0.2) is 0 Å². The summed E-state index contributed by atoms with van der Waals surface area (Å²) in [6, 6.07) is 0. The molecule has 1 aliphatic rings. The molecule has 1 fully saturated rings. The van der Waals surface area contributed by atoms with Crippen LogP contribution in [0.3, 0.4) is 0 Å². The van der Waals surface area contributed by atoms with Gasteiger partial charge in [0.05, 0.1) is 0 Å². The van der Waals surface area contributed by atoms with Gasteiger partial charge in [-0.2, -0.15) is 0 Å². The molecule has 6 nitrogen and oxygen atoms in total. The maximum atomic E-state index is 10.7. The Balaban J connectivity index is 2.45. The second-order valence-corrected chi connectivity index (χ2v) is 3.32. The lowest BCUT2D eigenvalue weighted by Gasteiger charge is -2.17. The van der Waals surface area contributed by atoms with Gasteiger partial charge in [-0.1, -0.05) is 0 Å². The average molecular weight is 218 g/mol. The number of rotatable bonds is 3. The van der Waals surface area contributed by atoms with Gasteiger partial charge in [0.25, 0.3) is 0 Å². The van der Waals surface area contributed by atoms with Gasteiger partial charge in [-0.25, -0.2) is 0 Å². The minimum absolute atomic E-state index is 0.0235. The van der Waals surface area contributed by atoms with Crippen molar-refractivity contribution in [1.29, 1.82) is 0 Å². The van der Waals surface area contributed by atoms with E-state index in [2.05, 4.69) is 0 Å². The highest BCUT2D eigenvalue weighted by Crippen LogP contribution is 2.22. The largest absolute Gasteiger partial charge is 0.463 e. The number of hydrogen-bond donors (Lipinski definition) is 1. The topological polar surface area (TPSA) is 82.1 Å². The fourth-order valence-corrected chi connectivity index (χ4v) is 1.38. The Hall–Kier alpha value is -1.14. The first-order valence-electron chi connectivity index (χ1n) is 4.63. The van der Waals surface area contributed by atoms with Crippen molar-refractivity contribution in [1.82, 2.24) is 0 Å². The molecule has 0 aliphatic carbocycles. The second kappa shape index (κ2) is 5.09. The van der Waals surface area contributed by atoms with Gasteiger partial charge in [-0.05, 0) is 0 Å². The van der Waals surface area contributed by atoms with Gasteiger partial charge >= 0.3 is 11.9 Å². The average Bonchev–Trinajstić information content (AvgIpc) is 2.41. The predicted molar refractivity (Wildman–Crippen MR) is 47.7 cm³/mol. The Bertz CT molecular complexity index is 251. The molecule has 0 aromatic rings. The third kappa shape index (κ3) is 3.85. The maximum Gasteiger partial charge on any atom is 0.303 e. The SMILES string of the molecule is CC(=O)OCC1OC(O)CC1OC(C)=O. The van der Waals surface area contributed by atoms with Gasteiger partial charge in [0.2, 0.25) is 0 Å². The summed E-state index contributed by atoms with van der Waals surface area (Å²) in [7, 11) is 0. The molecule has 0 spiro atoms.